The molecule has 1 aliphatic rings. The highest BCUT2D eigenvalue weighted by Crippen LogP contribution is 2.25. The van der Waals surface area contributed by atoms with E-state index in [1.54, 1.807) is 18.1 Å². The summed E-state index contributed by atoms with van der Waals surface area (Å²) in [6, 6.07) is 8.43. The lowest BCUT2D eigenvalue weighted by atomic mass is 9.83. The van der Waals surface area contributed by atoms with Crippen molar-refractivity contribution in [3.8, 4) is 0 Å². The zero-order chi connectivity index (χ0) is 15.4. The molecule has 0 saturated heterocycles. The van der Waals surface area contributed by atoms with Crippen molar-refractivity contribution in [1.82, 2.24) is 20.1 Å². The Morgan fingerprint density at radius 1 is 1.41 bits per heavy atom. The largest absolute Gasteiger partial charge is 0.355 e. The van der Waals surface area contributed by atoms with Crippen LogP contribution in [0.15, 0.2) is 35.7 Å². The van der Waals surface area contributed by atoms with Gasteiger partial charge in [0, 0.05) is 25.3 Å². The molecule has 1 heterocycles. The summed E-state index contributed by atoms with van der Waals surface area (Å²) in [5.74, 6) is 1.09. The topological polar surface area (TPSA) is 59.8 Å². The third-order valence-electron chi connectivity index (χ3n) is 4.02. The predicted octanol–water partition coefficient (Wildman–Crippen LogP) is 1.83. The predicted molar refractivity (Wildman–Crippen MR) is 86.7 cm³/mol. The molecule has 0 saturated carbocycles. The van der Waals surface area contributed by atoms with Gasteiger partial charge in [0.2, 0.25) is 5.91 Å². The van der Waals surface area contributed by atoms with Crippen molar-refractivity contribution in [3.05, 3.63) is 41.7 Å². The van der Waals surface area contributed by atoms with E-state index in [9.17, 15) is 4.79 Å². The molecule has 0 spiro atoms. The number of aromatic nitrogens is 3. The third-order valence-corrected chi connectivity index (χ3v) is 5.06. The van der Waals surface area contributed by atoms with E-state index in [2.05, 4.69) is 39.8 Å². The molecule has 5 nitrogen and oxygen atoms in total. The zero-order valence-corrected chi connectivity index (χ0v) is 13.5. The Morgan fingerprint density at radius 2 is 2.23 bits per heavy atom. The van der Waals surface area contributed by atoms with Gasteiger partial charge in [0.05, 0.1) is 0 Å². The molecule has 1 aromatic carbocycles. The second kappa shape index (κ2) is 6.96. The number of fused-ring (bicyclic) bond motifs is 1. The summed E-state index contributed by atoms with van der Waals surface area (Å²) in [6.07, 6.45) is 4.49. The van der Waals surface area contributed by atoms with Gasteiger partial charge in [0.15, 0.2) is 5.16 Å². The molecule has 116 valence electrons. The summed E-state index contributed by atoms with van der Waals surface area (Å²) in [7, 11) is 1.92. The fourth-order valence-corrected chi connectivity index (χ4v) is 3.53. The number of hydrogen-bond donors (Lipinski definition) is 1. The van der Waals surface area contributed by atoms with Crippen molar-refractivity contribution in [2.75, 3.05) is 12.3 Å². The number of carbonyl (C=O) groups excluding carboxylic acids is 1. The van der Waals surface area contributed by atoms with Gasteiger partial charge >= 0.3 is 0 Å². The number of benzene rings is 1. The molecular weight excluding hydrogens is 296 g/mol. The number of aryl methyl sites for hydroxylation is 2. The minimum atomic E-state index is 0.106. The molecule has 0 unspecified atom stereocenters. The number of nitrogens with one attached hydrogen (secondary N) is 1. The summed E-state index contributed by atoms with van der Waals surface area (Å²) in [5, 5.41) is 11.8. The van der Waals surface area contributed by atoms with Crippen molar-refractivity contribution in [2.24, 2.45) is 13.0 Å². The number of hydrogen-bond acceptors (Lipinski definition) is 4. The fourth-order valence-electron chi connectivity index (χ4n) is 2.79. The van der Waals surface area contributed by atoms with E-state index in [0.717, 1.165) is 30.2 Å². The van der Waals surface area contributed by atoms with Crippen LogP contribution < -0.4 is 5.32 Å². The lowest BCUT2D eigenvalue weighted by molar-refractivity contribution is -0.125. The molecule has 1 N–H and O–H groups in total. The molecule has 1 aromatic heterocycles. The Hall–Kier alpha value is -1.82. The van der Waals surface area contributed by atoms with Crippen LogP contribution in [-0.2, 0) is 24.7 Å². The molecule has 1 atom stereocenters. The Morgan fingerprint density at radius 3 is 3.00 bits per heavy atom. The molecule has 0 radical (unpaired) electrons. The summed E-state index contributed by atoms with van der Waals surface area (Å²) in [6.45, 7) is 0.661. The zero-order valence-electron chi connectivity index (χ0n) is 12.7. The fraction of sp³-hybridized carbons (Fsp3) is 0.438. The van der Waals surface area contributed by atoms with Crippen LogP contribution in [-0.4, -0.2) is 33.0 Å². The maximum absolute atomic E-state index is 12.3. The van der Waals surface area contributed by atoms with Gasteiger partial charge in [0.1, 0.15) is 6.33 Å². The van der Waals surface area contributed by atoms with E-state index in [-0.39, 0.29) is 11.8 Å². The lowest BCUT2D eigenvalue weighted by Gasteiger charge is -2.23. The summed E-state index contributed by atoms with van der Waals surface area (Å²) < 4.78 is 1.88. The first-order valence-corrected chi connectivity index (χ1v) is 8.54. The Bertz CT molecular complexity index is 655. The summed E-state index contributed by atoms with van der Waals surface area (Å²) in [5.41, 5.74) is 2.71. The molecule has 0 fully saturated rings. The Balaban J connectivity index is 1.44. The van der Waals surface area contributed by atoms with Crippen molar-refractivity contribution in [2.45, 2.75) is 24.4 Å². The van der Waals surface area contributed by atoms with Gasteiger partial charge < -0.3 is 9.88 Å². The van der Waals surface area contributed by atoms with Gasteiger partial charge in [-0.25, -0.2) is 0 Å². The van der Waals surface area contributed by atoms with Crippen LogP contribution in [0, 0.1) is 5.92 Å². The van der Waals surface area contributed by atoms with Crippen LogP contribution in [0.4, 0.5) is 0 Å². The quantitative estimate of drug-likeness (QED) is 0.675. The maximum Gasteiger partial charge on any atom is 0.223 e. The number of amides is 1. The highest BCUT2D eigenvalue weighted by molar-refractivity contribution is 7.99. The van der Waals surface area contributed by atoms with Gasteiger partial charge in [-0.2, -0.15) is 0 Å². The Labute approximate surface area is 134 Å². The first-order valence-electron chi connectivity index (χ1n) is 7.55. The van der Waals surface area contributed by atoms with Gasteiger partial charge in [-0.15, -0.1) is 10.2 Å². The molecule has 1 amide bonds. The van der Waals surface area contributed by atoms with Crippen LogP contribution in [0.1, 0.15) is 17.5 Å². The van der Waals surface area contributed by atoms with E-state index in [0.29, 0.717) is 6.54 Å². The van der Waals surface area contributed by atoms with E-state index in [1.807, 2.05) is 11.6 Å². The molecule has 0 bridgehead atoms. The SMILES string of the molecule is Cn1cnnc1SCCNC(=O)[C@H]1CCc2ccccc2C1. The van der Waals surface area contributed by atoms with Crippen molar-refractivity contribution in [1.29, 1.82) is 0 Å². The van der Waals surface area contributed by atoms with E-state index in [4.69, 9.17) is 0 Å². The molecule has 6 heteroatoms. The maximum atomic E-state index is 12.3. The minimum Gasteiger partial charge on any atom is -0.355 e. The molecule has 0 aliphatic heterocycles. The van der Waals surface area contributed by atoms with Crippen molar-refractivity contribution < 1.29 is 4.79 Å². The van der Waals surface area contributed by atoms with Crippen LogP contribution in [0.2, 0.25) is 0 Å². The highest BCUT2D eigenvalue weighted by Gasteiger charge is 2.23. The lowest BCUT2D eigenvalue weighted by Crippen LogP contribution is -2.35. The monoisotopic (exact) mass is 316 g/mol. The van der Waals surface area contributed by atoms with Crippen molar-refractivity contribution in [3.63, 3.8) is 0 Å². The number of rotatable bonds is 5. The summed E-state index contributed by atoms with van der Waals surface area (Å²) >= 11 is 1.61. The summed E-state index contributed by atoms with van der Waals surface area (Å²) in [4.78, 5) is 12.3. The van der Waals surface area contributed by atoms with E-state index in [1.165, 1.54) is 11.1 Å². The highest BCUT2D eigenvalue weighted by atomic mass is 32.2. The molecule has 1 aliphatic carbocycles. The Kier molecular flexibility index (Phi) is 4.77. The number of nitrogens with zero attached hydrogens (tertiary/aromatic N) is 3. The van der Waals surface area contributed by atoms with Crippen LogP contribution >= 0.6 is 11.8 Å². The third kappa shape index (κ3) is 3.50. The second-order valence-corrected chi connectivity index (χ2v) is 6.63. The second-order valence-electron chi connectivity index (χ2n) is 5.57. The van der Waals surface area contributed by atoms with E-state index >= 15 is 0 Å². The smallest absolute Gasteiger partial charge is 0.223 e. The van der Waals surface area contributed by atoms with Crippen molar-refractivity contribution >= 4 is 17.7 Å². The number of thioether (sulfide) groups is 1. The average molecular weight is 316 g/mol. The standard InChI is InChI=1S/C16H20N4OS/c1-20-11-18-19-16(20)22-9-8-17-15(21)14-7-6-12-4-2-3-5-13(12)10-14/h2-5,11,14H,6-10H2,1H3,(H,17,21)/t14-/m0/s1. The first-order chi connectivity index (χ1) is 10.7. The van der Waals surface area contributed by atoms with Gasteiger partial charge in [-0.05, 0) is 30.4 Å². The normalized spacial score (nSPS) is 17.0. The van der Waals surface area contributed by atoms with Crippen LogP contribution in [0.3, 0.4) is 0 Å². The first kappa shape index (κ1) is 15.1. The van der Waals surface area contributed by atoms with Crippen LogP contribution in [0.5, 0.6) is 0 Å². The van der Waals surface area contributed by atoms with Gasteiger partial charge in [0.25, 0.3) is 0 Å². The average Bonchev–Trinajstić information content (AvgIpc) is 2.96. The minimum absolute atomic E-state index is 0.106. The molecule has 3 rings (SSSR count). The molecule has 2 aromatic rings. The van der Waals surface area contributed by atoms with Gasteiger partial charge in [-0.3, -0.25) is 4.79 Å². The molecular formula is C16H20N4OS. The molecule has 22 heavy (non-hydrogen) atoms. The van der Waals surface area contributed by atoms with Gasteiger partial charge in [-0.1, -0.05) is 36.0 Å². The number of carbonyl (C=O) groups is 1. The van der Waals surface area contributed by atoms with Crippen LogP contribution in [0.25, 0.3) is 0 Å². The van der Waals surface area contributed by atoms with E-state index < -0.39 is 0 Å².